The van der Waals surface area contributed by atoms with Crippen molar-refractivity contribution in [1.82, 2.24) is 19.0 Å². The van der Waals surface area contributed by atoms with Crippen LogP contribution in [0.15, 0.2) is 30.7 Å². The van der Waals surface area contributed by atoms with E-state index in [4.69, 9.17) is 4.74 Å². The van der Waals surface area contributed by atoms with E-state index in [1.54, 1.807) is 6.20 Å². The molecule has 19 heavy (non-hydrogen) atoms. The molecule has 0 amide bonds. The van der Waals surface area contributed by atoms with Crippen LogP contribution in [0.25, 0.3) is 0 Å². The number of nitrogens with zero attached hydrogens (tertiary/aromatic N) is 3. The Morgan fingerprint density at radius 3 is 3.05 bits per heavy atom. The van der Waals surface area contributed by atoms with Crippen molar-refractivity contribution >= 4 is 11.7 Å². The molecule has 0 fully saturated rings. The summed E-state index contributed by atoms with van der Waals surface area (Å²) in [5.41, 5.74) is 1.08. The predicted octanol–water partition coefficient (Wildman–Crippen LogP) is 1.02. The van der Waals surface area contributed by atoms with Crippen LogP contribution in [0.2, 0.25) is 0 Å². The summed E-state index contributed by atoms with van der Waals surface area (Å²) >= 11 is 1.08. The topological polar surface area (TPSA) is 80.2 Å². The van der Waals surface area contributed by atoms with Gasteiger partial charge in [0.15, 0.2) is 0 Å². The molecule has 2 N–H and O–H groups in total. The van der Waals surface area contributed by atoms with E-state index in [0.717, 1.165) is 17.3 Å². The van der Waals surface area contributed by atoms with Crippen molar-refractivity contribution in [3.8, 4) is 5.88 Å². The molecule has 2 heterocycles. The Kier molecular flexibility index (Phi) is 5.20. The molecule has 0 bridgehead atoms. The molecule has 2 aromatic rings. The first-order chi connectivity index (χ1) is 9.25. The fraction of sp³-hybridized carbons (Fsp3) is 0.417. The third-order valence-corrected chi connectivity index (χ3v) is 3.07. The number of rotatable bonds is 7. The number of aliphatic hydroxyl groups is 1. The molecule has 2 atom stereocenters. The zero-order chi connectivity index (χ0) is 13.5. The maximum Gasteiger partial charge on any atom is 0.245 e. The summed E-state index contributed by atoms with van der Waals surface area (Å²) in [6.07, 6.45) is 4.48. The van der Waals surface area contributed by atoms with E-state index in [1.165, 1.54) is 6.20 Å². The number of nitrogens with one attached hydrogen (secondary N) is 1. The third-order valence-electron chi connectivity index (χ3n) is 2.61. The van der Waals surface area contributed by atoms with Crippen molar-refractivity contribution in [2.75, 3.05) is 13.2 Å². The zero-order valence-corrected chi connectivity index (χ0v) is 11.4. The highest BCUT2D eigenvalue weighted by molar-refractivity contribution is 6.99. The standard InChI is InChI=1S/C12H16N4O2S/c1-9(10-3-2-4-13-5-10)14-6-11(17)8-18-12-7-15-19-16-12/h2-5,7,9,11,14,17H,6,8H2,1H3. The lowest BCUT2D eigenvalue weighted by atomic mass is 10.1. The zero-order valence-electron chi connectivity index (χ0n) is 10.6. The van der Waals surface area contributed by atoms with Crippen molar-refractivity contribution in [2.45, 2.75) is 19.1 Å². The molecule has 0 aromatic carbocycles. The van der Waals surface area contributed by atoms with Gasteiger partial charge >= 0.3 is 0 Å². The van der Waals surface area contributed by atoms with Crippen LogP contribution in [0.3, 0.4) is 0 Å². The summed E-state index contributed by atoms with van der Waals surface area (Å²) in [5.74, 6) is 0.448. The Morgan fingerprint density at radius 2 is 2.37 bits per heavy atom. The minimum atomic E-state index is -0.596. The van der Waals surface area contributed by atoms with Crippen LogP contribution in [0.4, 0.5) is 0 Å². The predicted molar refractivity (Wildman–Crippen MR) is 72.1 cm³/mol. The van der Waals surface area contributed by atoms with Crippen molar-refractivity contribution in [3.63, 3.8) is 0 Å². The number of hydrogen-bond acceptors (Lipinski definition) is 7. The van der Waals surface area contributed by atoms with Crippen molar-refractivity contribution in [1.29, 1.82) is 0 Å². The van der Waals surface area contributed by atoms with Crippen LogP contribution in [0.5, 0.6) is 5.88 Å². The van der Waals surface area contributed by atoms with Gasteiger partial charge in [0.05, 0.1) is 11.7 Å². The van der Waals surface area contributed by atoms with Gasteiger partial charge in [-0.25, -0.2) is 0 Å². The number of hydrogen-bond donors (Lipinski definition) is 2. The van der Waals surface area contributed by atoms with E-state index >= 15 is 0 Å². The third kappa shape index (κ3) is 4.55. The Bertz CT molecular complexity index is 466. The van der Waals surface area contributed by atoms with Crippen LogP contribution in [-0.4, -0.2) is 38.1 Å². The van der Waals surface area contributed by atoms with E-state index in [0.29, 0.717) is 12.4 Å². The molecule has 0 aliphatic heterocycles. The van der Waals surface area contributed by atoms with Crippen LogP contribution in [-0.2, 0) is 0 Å². The van der Waals surface area contributed by atoms with Gasteiger partial charge in [-0.2, -0.15) is 4.37 Å². The maximum atomic E-state index is 9.80. The lowest BCUT2D eigenvalue weighted by molar-refractivity contribution is 0.102. The Labute approximate surface area is 115 Å². The summed E-state index contributed by atoms with van der Waals surface area (Å²) < 4.78 is 13.0. The largest absolute Gasteiger partial charge is 0.473 e. The van der Waals surface area contributed by atoms with Gasteiger partial charge in [0.1, 0.15) is 18.9 Å². The highest BCUT2D eigenvalue weighted by atomic mass is 32.1. The van der Waals surface area contributed by atoms with Gasteiger partial charge < -0.3 is 15.2 Å². The van der Waals surface area contributed by atoms with Crippen LogP contribution >= 0.6 is 11.7 Å². The van der Waals surface area contributed by atoms with Gasteiger partial charge in [-0.15, -0.1) is 4.37 Å². The molecule has 7 heteroatoms. The van der Waals surface area contributed by atoms with Crippen molar-refractivity contribution < 1.29 is 9.84 Å². The molecule has 0 aliphatic carbocycles. The van der Waals surface area contributed by atoms with Crippen LogP contribution < -0.4 is 10.1 Å². The molecule has 2 aromatic heterocycles. The normalized spacial score (nSPS) is 14.0. The molecule has 6 nitrogen and oxygen atoms in total. The number of ether oxygens (including phenoxy) is 1. The molecule has 0 radical (unpaired) electrons. The second-order valence-corrected chi connectivity index (χ2v) is 4.68. The fourth-order valence-corrected chi connectivity index (χ4v) is 1.89. The molecule has 0 saturated carbocycles. The van der Waals surface area contributed by atoms with E-state index in [9.17, 15) is 5.11 Å². The van der Waals surface area contributed by atoms with Gasteiger partial charge in [-0.3, -0.25) is 4.98 Å². The van der Waals surface area contributed by atoms with Gasteiger partial charge in [0.2, 0.25) is 5.88 Å². The summed E-state index contributed by atoms with van der Waals surface area (Å²) in [6, 6.07) is 4.01. The second-order valence-electron chi connectivity index (χ2n) is 4.13. The first kappa shape index (κ1) is 13.9. The van der Waals surface area contributed by atoms with Gasteiger partial charge in [-0.1, -0.05) is 6.07 Å². The number of pyridine rings is 1. The summed E-state index contributed by atoms with van der Waals surface area (Å²) in [4.78, 5) is 4.06. The average Bonchev–Trinajstić information content (AvgIpc) is 2.96. The molecule has 2 unspecified atom stereocenters. The number of aromatic nitrogens is 3. The molecule has 102 valence electrons. The highest BCUT2D eigenvalue weighted by Crippen LogP contribution is 2.10. The molecular formula is C12H16N4O2S. The first-order valence-electron chi connectivity index (χ1n) is 5.97. The van der Waals surface area contributed by atoms with Crippen LogP contribution in [0.1, 0.15) is 18.5 Å². The van der Waals surface area contributed by atoms with Gasteiger partial charge in [0.25, 0.3) is 0 Å². The molecular weight excluding hydrogens is 264 g/mol. The van der Waals surface area contributed by atoms with E-state index in [1.807, 2.05) is 25.3 Å². The summed E-state index contributed by atoms with van der Waals surface area (Å²) in [6.45, 7) is 2.65. The fourth-order valence-electron chi connectivity index (χ4n) is 1.52. The van der Waals surface area contributed by atoms with Crippen molar-refractivity contribution in [2.24, 2.45) is 0 Å². The van der Waals surface area contributed by atoms with Crippen molar-refractivity contribution in [3.05, 3.63) is 36.3 Å². The lowest BCUT2D eigenvalue weighted by Crippen LogP contribution is -2.33. The van der Waals surface area contributed by atoms with Gasteiger partial charge in [-0.05, 0) is 18.6 Å². The second kappa shape index (κ2) is 7.13. The summed E-state index contributed by atoms with van der Waals surface area (Å²) in [7, 11) is 0. The van der Waals surface area contributed by atoms with E-state index < -0.39 is 6.10 Å². The average molecular weight is 280 g/mol. The van der Waals surface area contributed by atoms with E-state index in [-0.39, 0.29) is 12.6 Å². The minimum absolute atomic E-state index is 0.129. The van der Waals surface area contributed by atoms with Gasteiger partial charge in [0, 0.05) is 25.0 Å². The SMILES string of the molecule is CC(NCC(O)COc1cnsn1)c1cccnc1. The monoisotopic (exact) mass is 280 g/mol. The maximum absolute atomic E-state index is 9.80. The minimum Gasteiger partial charge on any atom is -0.473 e. The molecule has 0 spiro atoms. The Balaban J connectivity index is 1.70. The first-order valence-corrected chi connectivity index (χ1v) is 6.70. The highest BCUT2D eigenvalue weighted by Gasteiger charge is 2.10. The quantitative estimate of drug-likeness (QED) is 0.788. The Morgan fingerprint density at radius 1 is 1.47 bits per heavy atom. The molecule has 0 aliphatic rings. The number of aliphatic hydroxyl groups excluding tert-OH is 1. The van der Waals surface area contributed by atoms with E-state index in [2.05, 4.69) is 19.0 Å². The Hall–Kier alpha value is -1.57. The lowest BCUT2D eigenvalue weighted by Gasteiger charge is -2.17. The van der Waals surface area contributed by atoms with Crippen LogP contribution in [0, 0.1) is 0 Å². The smallest absolute Gasteiger partial charge is 0.245 e. The molecule has 2 rings (SSSR count). The summed E-state index contributed by atoms with van der Waals surface area (Å²) in [5, 5.41) is 13.0. The molecule has 0 saturated heterocycles.